The molecule has 1 heterocycles. The van der Waals surface area contributed by atoms with Gasteiger partial charge >= 0.3 is 0 Å². The van der Waals surface area contributed by atoms with Crippen molar-refractivity contribution in [2.24, 2.45) is 10.7 Å². The van der Waals surface area contributed by atoms with Crippen molar-refractivity contribution in [3.05, 3.63) is 72.1 Å². The lowest BCUT2D eigenvalue weighted by Gasteiger charge is -2.41. The van der Waals surface area contributed by atoms with Crippen LogP contribution in [0.3, 0.4) is 0 Å². The van der Waals surface area contributed by atoms with E-state index in [1.807, 2.05) is 24.3 Å². The predicted molar refractivity (Wildman–Crippen MR) is 116 cm³/mol. The van der Waals surface area contributed by atoms with Crippen LogP contribution in [-0.4, -0.2) is 28.8 Å². The van der Waals surface area contributed by atoms with Crippen LogP contribution in [0.25, 0.3) is 11.1 Å². The molecule has 1 aromatic heterocycles. The molecule has 4 N–H and O–H groups in total. The Morgan fingerprint density at radius 3 is 2.37 bits per heavy atom. The molecule has 3 aromatic rings. The molecule has 0 bridgehead atoms. The second-order valence-electron chi connectivity index (χ2n) is 7.38. The summed E-state index contributed by atoms with van der Waals surface area (Å²) >= 11 is 0. The zero-order valence-electron chi connectivity index (χ0n) is 16.7. The van der Waals surface area contributed by atoms with Crippen molar-refractivity contribution in [1.82, 2.24) is 9.97 Å². The highest BCUT2D eigenvalue weighted by molar-refractivity contribution is 6.06. The van der Waals surface area contributed by atoms with Crippen LogP contribution in [0.4, 0.5) is 5.95 Å². The van der Waals surface area contributed by atoms with Gasteiger partial charge in [0.1, 0.15) is 11.6 Å². The van der Waals surface area contributed by atoms with Crippen molar-refractivity contribution in [1.29, 1.82) is 0 Å². The first-order valence-corrected chi connectivity index (χ1v) is 9.73. The minimum absolute atomic E-state index is 0.244. The Hall–Kier alpha value is -3.74. The van der Waals surface area contributed by atoms with Crippen molar-refractivity contribution in [2.45, 2.75) is 24.7 Å². The zero-order valence-corrected chi connectivity index (χ0v) is 16.7. The summed E-state index contributed by atoms with van der Waals surface area (Å²) in [4.78, 5) is 25.0. The number of aliphatic imine (C=N–C) groups is 1. The van der Waals surface area contributed by atoms with Crippen molar-refractivity contribution >= 4 is 17.7 Å². The van der Waals surface area contributed by atoms with Crippen LogP contribution in [0.1, 0.15) is 35.2 Å². The molecule has 1 aliphatic carbocycles. The number of nitrogens with zero attached hydrogens (tertiary/aromatic N) is 3. The Morgan fingerprint density at radius 2 is 1.77 bits per heavy atom. The summed E-state index contributed by atoms with van der Waals surface area (Å²) in [5.41, 5.74) is 14.9. The topological polar surface area (TPSA) is 116 Å². The quantitative estimate of drug-likeness (QED) is 0.500. The lowest BCUT2D eigenvalue weighted by molar-refractivity contribution is 0.100. The molecule has 2 aromatic carbocycles. The number of anilines is 1. The summed E-state index contributed by atoms with van der Waals surface area (Å²) in [6.45, 7) is 0. The molecule has 7 nitrogen and oxygen atoms in total. The second-order valence-corrected chi connectivity index (χ2v) is 7.38. The van der Waals surface area contributed by atoms with Crippen LogP contribution < -0.4 is 16.2 Å². The van der Waals surface area contributed by atoms with Gasteiger partial charge in [0.05, 0.1) is 12.5 Å². The summed E-state index contributed by atoms with van der Waals surface area (Å²) in [7, 11) is 1.56. The van der Waals surface area contributed by atoms with E-state index in [1.54, 1.807) is 43.8 Å². The Morgan fingerprint density at radius 1 is 1.07 bits per heavy atom. The maximum absolute atomic E-state index is 12.7. The summed E-state index contributed by atoms with van der Waals surface area (Å²) in [6, 6.07) is 15.0. The fourth-order valence-corrected chi connectivity index (χ4v) is 3.73. The first kappa shape index (κ1) is 19.6. The molecule has 7 heteroatoms. The second kappa shape index (κ2) is 7.94. The minimum Gasteiger partial charge on any atom is -0.497 e. The molecule has 1 amide bonds. The molecule has 152 valence electrons. The highest BCUT2D eigenvalue weighted by atomic mass is 16.5. The minimum atomic E-state index is -0.412. The van der Waals surface area contributed by atoms with Gasteiger partial charge in [-0.25, -0.2) is 9.97 Å². The number of amides is 1. The van der Waals surface area contributed by atoms with Gasteiger partial charge in [-0.05, 0) is 42.2 Å². The Bertz CT molecular complexity index is 1090. The highest BCUT2D eigenvalue weighted by Gasteiger charge is 2.42. The van der Waals surface area contributed by atoms with Crippen LogP contribution in [0.2, 0.25) is 0 Å². The molecule has 0 unspecified atom stereocenters. The summed E-state index contributed by atoms with van der Waals surface area (Å²) < 4.78 is 5.19. The van der Waals surface area contributed by atoms with E-state index in [1.165, 1.54) is 0 Å². The van der Waals surface area contributed by atoms with E-state index in [0.717, 1.165) is 36.0 Å². The van der Waals surface area contributed by atoms with Gasteiger partial charge in [0.2, 0.25) is 5.95 Å². The molecule has 0 saturated heterocycles. The number of hydrogen-bond donors (Lipinski definition) is 2. The molecule has 1 aliphatic rings. The van der Waals surface area contributed by atoms with E-state index in [2.05, 4.69) is 15.0 Å². The van der Waals surface area contributed by atoms with Crippen LogP contribution in [0, 0.1) is 0 Å². The van der Waals surface area contributed by atoms with Crippen molar-refractivity contribution in [3.63, 3.8) is 0 Å². The number of rotatable bonds is 5. The molecular formula is C23H23N5O2. The van der Waals surface area contributed by atoms with Crippen LogP contribution in [-0.2, 0) is 5.41 Å². The maximum Gasteiger partial charge on any atom is 0.278 e. The number of hydrogen-bond acceptors (Lipinski definition) is 5. The molecule has 4 rings (SSSR count). The molecule has 30 heavy (non-hydrogen) atoms. The number of amidine groups is 1. The van der Waals surface area contributed by atoms with Crippen molar-refractivity contribution in [2.75, 3.05) is 12.8 Å². The number of carbonyl (C=O) groups excluding carboxylic acids is 1. The molecule has 0 radical (unpaired) electrons. The smallest absolute Gasteiger partial charge is 0.278 e. The Labute approximate surface area is 174 Å². The van der Waals surface area contributed by atoms with E-state index in [9.17, 15) is 4.79 Å². The number of benzene rings is 2. The van der Waals surface area contributed by atoms with Gasteiger partial charge in [-0.1, -0.05) is 36.8 Å². The average molecular weight is 401 g/mol. The number of nitrogens with two attached hydrogens (primary N) is 2. The van der Waals surface area contributed by atoms with Crippen molar-refractivity contribution in [3.8, 4) is 16.9 Å². The fraction of sp³-hybridized carbons (Fsp3) is 0.217. The van der Waals surface area contributed by atoms with Gasteiger partial charge in [-0.2, -0.15) is 4.99 Å². The highest BCUT2D eigenvalue weighted by Crippen LogP contribution is 2.44. The van der Waals surface area contributed by atoms with Crippen LogP contribution in [0.15, 0.2) is 65.9 Å². The van der Waals surface area contributed by atoms with E-state index < -0.39 is 5.41 Å². The standard InChI is InChI=1S/C23H23N5O2/c1-30-19-5-2-4-16(12-19)20(29)28-21(24)23(10-3-11-23)18-8-6-15(7-9-18)17-13-26-22(25)27-14-17/h2,4-9,12-14H,3,10-11H2,1H3,(H2,24,28,29)(H2,25,26,27). The lowest BCUT2D eigenvalue weighted by Crippen LogP contribution is -2.47. The molecular weight excluding hydrogens is 378 g/mol. The van der Waals surface area contributed by atoms with E-state index in [-0.39, 0.29) is 11.9 Å². The fourth-order valence-electron chi connectivity index (χ4n) is 3.73. The lowest BCUT2D eigenvalue weighted by atomic mass is 9.63. The van der Waals surface area contributed by atoms with E-state index >= 15 is 0 Å². The van der Waals surface area contributed by atoms with Crippen LogP contribution >= 0.6 is 0 Å². The normalized spacial score (nSPS) is 15.3. The number of methoxy groups -OCH3 is 1. The average Bonchev–Trinajstić information content (AvgIpc) is 2.74. The number of carbonyl (C=O) groups is 1. The number of ether oxygens (including phenoxy) is 1. The van der Waals surface area contributed by atoms with Gasteiger partial charge in [-0.3, -0.25) is 4.79 Å². The molecule has 0 spiro atoms. The number of nitrogen functional groups attached to an aromatic ring is 1. The predicted octanol–water partition coefficient (Wildman–Crippen LogP) is 3.35. The van der Waals surface area contributed by atoms with Gasteiger partial charge in [0.15, 0.2) is 0 Å². The van der Waals surface area contributed by atoms with Crippen LogP contribution in [0.5, 0.6) is 5.75 Å². The summed E-state index contributed by atoms with van der Waals surface area (Å²) in [5.74, 6) is 0.835. The zero-order chi connectivity index (χ0) is 21.1. The Balaban J connectivity index is 1.60. The van der Waals surface area contributed by atoms with Gasteiger partial charge in [0, 0.05) is 23.5 Å². The third kappa shape index (κ3) is 3.61. The monoisotopic (exact) mass is 401 g/mol. The summed E-state index contributed by atoms with van der Waals surface area (Å²) in [6.07, 6.45) is 6.14. The summed E-state index contributed by atoms with van der Waals surface area (Å²) in [5, 5.41) is 0. The molecule has 1 fully saturated rings. The van der Waals surface area contributed by atoms with E-state index in [0.29, 0.717) is 17.1 Å². The third-order valence-corrected chi connectivity index (χ3v) is 5.68. The largest absolute Gasteiger partial charge is 0.497 e. The molecule has 0 atom stereocenters. The third-order valence-electron chi connectivity index (χ3n) is 5.68. The van der Waals surface area contributed by atoms with Crippen molar-refractivity contribution < 1.29 is 9.53 Å². The van der Waals surface area contributed by atoms with E-state index in [4.69, 9.17) is 16.2 Å². The number of aromatic nitrogens is 2. The molecule has 0 aliphatic heterocycles. The first-order chi connectivity index (χ1) is 14.5. The SMILES string of the molecule is COc1cccc(C(=O)N=C(N)C2(c3ccc(-c4cnc(N)nc4)cc3)CCC2)c1. The first-order valence-electron chi connectivity index (χ1n) is 9.73. The van der Waals surface area contributed by atoms with Gasteiger partial charge < -0.3 is 16.2 Å². The maximum atomic E-state index is 12.7. The van der Waals surface area contributed by atoms with Gasteiger partial charge in [0.25, 0.3) is 5.91 Å². The van der Waals surface area contributed by atoms with Gasteiger partial charge in [-0.15, -0.1) is 0 Å². The molecule has 1 saturated carbocycles. The Kier molecular flexibility index (Phi) is 5.18.